The van der Waals surface area contributed by atoms with Crippen molar-refractivity contribution in [2.45, 2.75) is 180 Å². The summed E-state index contributed by atoms with van der Waals surface area (Å²) in [6.07, 6.45) is 37.5. The van der Waals surface area contributed by atoms with E-state index in [1.54, 1.807) is 0 Å². The number of likely N-dealkylation sites (N-methyl/N-ethyl adjacent to an activating group) is 1. The van der Waals surface area contributed by atoms with Crippen molar-refractivity contribution in [3.05, 3.63) is 36.5 Å². The standard InChI is InChI=1S/C43H77NO7/c1-6-8-10-12-14-16-18-20-21-22-24-25-27-29-31-33-41(45)50-38-39(37-49-36-35-40(43(47)48)44(3,4)5)51-42(46)34-32-30-28-26-23-19-17-15-13-11-9-7-2/h14-18,20,39-40H,6-13,19,21-38H2,1-5H3/p+1/b16-14+,17-15+,20-18+. The fourth-order valence-electron chi connectivity index (χ4n) is 5.78. The van der Waals surface area contributed by atoms with E-state index in [9.17, 15) is 19.5 Å². The van der Waals surface area contributed by atoms with Crippen molar-refractivity contribution in [1.82, 2.24) is 0 Å². The fraction of sp³-hybridized carbons (Fsp3) is 0.791. The highest BCUT2D eigenvalue weighted by Gasteiger charge is 2.31. The third-order valence-corrected chi connectivity index (χ3v) is 9.04. The molecular weight excluding hydrogens is 642 g/mol. The van der Waals surface area contributed by atoms with E-state index in [0.717, 1.165) is 57.8 Å². The van der Waals surface area contributed by atoms with Gasteiger partial charge < -0.3 is 23.8 Å². The summed E-state index contributed by atoms with van der Waals surface area (Å²) in [4.78, 5) is 36.8. The van der Waals surface area contributed by atoms with E-state index < -0.39 is 18.1 Å². The van der Waals surface area contributed by atoms with Crippen molar-refractivity contribution in [2.24, 2.45) is 0 Å². The van der Waals surface area contributed by atoms with Crippen LogP contribution in [-0.2, 0) is 28.6 Å². The second-order valence-corrected chi connectivity index (χ2v) is 14.9. The third kappa shape index (κ3) is 33.2. The number of hydrogen-bond donors (Lipinski definition) is 1. The molecule has 0 heterocycles. The van der Waals surface area contributed by atoms with Crippen molar-refractivity contribution >= 4 is 17.9 Å². The van der Waals surface area contributed by atoms with Gasteiger partial charge in [-0.2, -0.15) is 0 Å². The Morgan fingerprint density at radius 1 is 0.588 bits per heavy atom. The van der Waals surface area contributed by atoms with Crippen LogP contribution in [0.2, 0.25) is 0 Å². The lowest BCUT2D eigenvalue weighted by Crippen LogP contribution is -2.50. The Kier molecular flexibility index (Phi) is 33.0. The van der Waals surface area contributed by atoms with Crippen LogP contribution in [0.5, 0.6) is 0 Å². The van der Waals surface area contributed by atoms with E-state index in [1.807, 2.05) is 21.1 Å². The van der Waals surface area contributed by atoms with Crippen molar-refractivity contribution < 1.29 is 38.2 Å². The molecule has 0 aromatic rings. The Labute approximate surface area is 313 Å². The summed E-state index contributed by atoms with van der Waals surface area (Å²) >= 11 is 0. The number of unbranched alkanes of at least 4 members (excludes halogenated alkanes) is 17. The van der Waals surface area contributed by atoms with E-state index >= 15 is 0 Å². The Bertz CT molecular complexity index is 937. The number of hydrogen-bond acceptors (Lipinski definition) is 6. The second kappa shape index (κ2) is 34.6. The van der Waals surface area contributed by atoms with Gasteiger partial charge in [0.25, 0.3) is 0 Å². The zero-order valence-electron chi connectivity index (χ0n) is 33.6. The quantitative estimate of drug-likeness (QED) is 0.0226. The number of nitrogens with zero attached hydrogens (tertiary/aromatic N) is 1. The first kappa shape index (κ1) is 48.5. The molecule has 0 rings (SSSR count). The van der Waals surface area contributed by atoms with Gasteiger partial charge >= 0.3 is 17.9 Å². The predicted molar refractivity (Wildman–Crippen MR) is 211 cm³/mol. The molecule has 0 saturated carbocycles. The number of ether oxygens (including phenoxy) is 3. The van der Waals surface area contributed by atoms with Gasteiger partial charge in [-0.25, -0.2) is 4.79 Å². The molecule has 0 radical (unpaired) electrons. The summed E-state index contributed by atoms with van der Waals surface area (Å²) in [6.45, 7) is 4.65. The highest BCUT2D eigenvalue weighted by molar-refractivity contribution is 5.72. The van der Waals surface area contributed by atoms with Gasteiger partial charge in [0.1, 0.15) is 6.61 Å². The molecule has 0 spiro atoms. The largest absolute Gasteiger partial charge is 0.477 e. The molecule has 51 heavy (non-hydrogen) atoms. The lowest BCUT2D eigenvalue weighted by atomic mass is 10.1. The van der Waals surface area contributed by atoms with Gasteiger partial charge in [0.2, 0.25) is 0 Å². The Morgan fingerprint density at radius 2 is 1.04 bits per heavy atom. The smallest absolute Gasteiger partial charge is 0.362 e. The molecule has 296 valence electrons. The Hall–Kier alpha value is -2.45. The van der Waals surface area contributed by atoms with Crippen LogP contribution in [0.15, 0.2) is 36.5 Å². The minimum absolute atomic E-state index is 0.0545. The van der Waals surface area contributed by atoms with Crippen LogP contribution in [0.1, 0.15) is 168 Å². The molecule has 0 aliphatic heterocycles. The maximum absolute atomic E-state index is 12.7. The number of aliphatic carboxylic acids is 1. The van der Waals surface area contributed by atoms with Gasteiger partial charge in [-0.1, -0.05) is 121 Å². The highest BCUT2D eigenvalue weighted by Crippen LogP contribution is 2.13. The molecule has 2 atom stereocenters. The monoisotopic (exact) mass is 721 g/mol. The van der Waals surface area contributed by atoms with Gasteiger partial charge in [-0.3, -0.25) is 9.59 Å². The van der Waals surface area contributed by atoms with Crippen LogP contribution >= 0.6 is 0 Å². The first-order valence-electron chi connectivity index (χ1n) is 20.5. The molecule has 0 aromatic carbocycles. The molecule has 8 heteroatoms. The number of carbonyl (C=O) groups is 3. The normalized spacial score (nSPS) is 13.4. The summed E-state index contributed by atoms with van der Waals surface area (Å²) in [7, 11) is 5.51. The number of rotatable bonds is 36. The third-order valence-electron chi connectivity index (χ3n) is 9.04. The lowest BCUT2D eigenvalue weighted by molar-refractivity contribution is -0.887. The van der Waals surface area contributed by atoms with E-state index in [2.05, 4.69) is 50.3 Å². The zero-order valence-corrected chi connectivity index (χ0v) is 33.6. The summed E-state index contributed by atoms with van der Waals surface area (Å²) in [5.41, 5.74) is 0. The molecule has 0 fully saturated rings. The minimum atomic E-state index is -0.879. The fourth-order valence-corrected chi connectivity index (χ4v) is 5.78. The maximum Gasteiger partial charge on any atom is 0.362 e. The Balaban J connectivity index is 4.41. The number of allylic oxidation sites excluding steroid dienone is 6. The van der Waals surface area contributed by atoms with Crippen molar-refractivity contribution in [3.8, 4) is 0 Å². The number of quaternary nitrogens is 1. The average molecular weight is 721 g/mol. The molecule has 0 aliphatic rings. The van der Waals surface area contributed by atoms with E-state index in [1.165, 1.54) is 77.0 Å². The van der Waals surface area contributed by atoms with Gasteiger partial charge in [0.15, 0.2) is 12.1 Å². The zero-order chi connectivity index (χ0) is 37.8. The van der Waals surface area contributed by atoms with Crippen LogP contribution in [-0.4, -0.2) is 80.6 Å². The Morgan fingerprint density at radius 3 is 1.53 bits per heavy atom. The number of esters is 2. The molecule has 1 N–H and O–H groups in total. The number of carboxylic acid groups (broad SMARTS) is 1. The van der Waals surface area contributed by atoms with Crippen LogP contribution < -0.4 is 0 Å². The molecule has 0 aromatic heterocycles. The van der Waals surface area contributed by atoms with Crippen LogP contribution in [0, 0.1) is 0 Å². The number of carbonyl (C=O) groups excluding carboxylic acids is 2. The van der Waals surface area contributed by atoms with Gasteiger partial charge in [0.05, 0.1) is 34.4 Å². The van der Waals surface area contributed by atoms with Crippen molar-refractivity contribution in [3.63, 3.8) is 0 Å². The molecule has 0 saturated heterocycles. The molecule has 0 bridgehead atoms. The second-order valence-electron chi connectivity index (χ2n) is 14.9. The summed E-state index contributed by atoms with van der Waals surface area (Å²) in [5, 5.41) is 9.59. The molecular formula is C43H78NO7+. The van der Waals surface area contributed by atoms with Crippen LogP contribution in [0.25, 0.3) is 0 Å². The predicted octanol–water partition coefficient (Wildman–Crippen LogP) is 10.7. The van der Waals surface area contributed by atoms with E-state index in [4.69, 9.17) is 14.2 Å². The van der Waals surface area contributed by atoms with Crippen LogP contribution in [0.4, 0.5) is 0 Å². The lowest BCUT2D eigenvalue weighted by Gasteiger charge is -2.31. The van der Waals surface area contributed by atoms with E-state index in [-0.39, 0.29) is 36.2 Å². The van der Waals surface area contributed by atoms with Crippen LogP contribution in [0.3, 0.4) is 0 Å². The SMILES string of the molecule is CCCCC/C=C/C=C/CCCCCCCCC(=O)OCC(COCCC(C(=O)O)[N+](C)(C)C)OC(=O)CCCCCCC/C=C/CCCCC. The maximum atomic E-state index is 12.7. The molecule has 2 unspecified atom stereocenters. The van der Waals surface area contributed by atoms with Gasteiger partial charge in [-0.05, 0) is 64.2 Å². The first-order valence-corrected chi connectivity index (χ1v) is 20.5. The molecule has 8 nitrogen and oxygen atoms in total. The minimum Gasteiger partial charge on any atom is -0.477 e. The van der Waals surface area contributed by atoms with E-state index in [0.29, 0.717) is 19.3 Å². The van der Waals surface area contributed by atoms with Gasteiger partial charge in [-0.15, -0.1) is 0 Å². The summed E-state index contributed by atoms with van der Waals surface area (Å²) in [6, 6.07) is -0.616. The van der Waals surface area contributed by atoms with Gasteiger partial charge in [0, 0.05) is 19.3 Å². The molecule has 0 aliphatic carbocycles. The summed E-state index contributed by atoms with van der Waals surface area (Å²) < 4.78 is 17.2. The van der Waals surface area contributed by atoms with Crippen molar-refractivity contribution in [1.29, 1.82) is 0 Å². The average Bonchev–Trinajstić information content (AvgIpc) is 3.08. The number of carboxylic acids is 1. The van der Waals surface area contributed by atoms with Crippen molar-refractivity contribution in [2.75, 3.05) is 41.0 Å². The highest BCUT2D eigenvalue weighted by atomic mass is 16.6. The first-order chi connectivity index (χ1) is 24.6. The topological polar surface area (TPSA) is 99.1 Å². The molecule has 0 amide bonds. The summed E-state index contributed by atoms with van der Waals surface area (Å²) in [5.74, 6) is -1.50.